The Kier molecular flexibility index (Phi) is 5.06. The summed E-state index contributed by atoms with van der Waals surface area (Å²) in [5, 5.41) is 6.01. The van der Waals surface area contributed by atoms with Crippen LogP contribution in [0.1, 0.15) is 22.5 Å². The fourth-order valence-electron chi connectivity index (χ4n) is 3.03. The number of ether oxygens (including phenoxy) is 2. The summed E-state index contributed by atoms with van der Waals surface area (Å²) in [5.41, 5.74) is -2.31. The maximum atomic E-state index is 14.0. The van der Waals surface area contributed by atoms with E-state index in [1.165, 1.54) is 24.3 Å². The molecule has 2 aromatic carbocycles. The highest BCUT2D eigenvalue weighted by Crippen LogP contribution is 2.35. The van der Waals surface area contributed by atoms with Gasteiger partial charge in [0.05, 0.1) is 25.0 Å². The zero-order valence-corrected chi connectivity index (χ0v) is 15.4. The number of alkyl halides is 3. The van der Waals surface area contributed by atoms with Gasteiger partial charge in [-0.3, -0.25) is 4.79 Å². The normalized spacial score (nSPS) is 13.6. The molecule has 0 aliphatic carbocycles. The third-order valence-electron chi connectivity index (χ3n) is 4.37. The van der Waals surface area contributed by atoms with Gasteiger partial charge in [-0.2, -0.15) is 18.3 Å². The van der Waals surface area contributed by atoms with E-state index in [0.29, 0.717) is 35.8 Å². The minimum atomic E-state index is -4.95. The molecule has 0 spiro atoms. The van der Waals surface area contributed by atoms with E-state index in [2.05, 4.69) is 10.4 Å². The second-order valence-electron chi connectivity index (χ2n) is 6.43. The quantitative estimate of drug-likeness (QED) is 0.635. The molecule has 1 aliphatic rings. The monoisotopic (exact) mass is 421 g/mol. The molecule has 1 N–H and O–H groups in total. The van der Waals surface area contributed by atoms with Crippen LogP contribution in [0.15, 0.2) is 48.7 Å². The van der Waals surface area contributed by atoms with Gasteiger partial charge in [-0.05, 0) is 24.3 Å². The van der Waals surface area contributed by atoms with Crippen LogP contribution in [0.2, 0.25) is 0 Å². The number of hydrogen-bond donors (Lipinski definition) is 1. The van der Waals surface area contributed by atoms with E-state index in [1.807, 2.05) is 0 Å². The average Bonchev–Trinajstić information content (AvgIpc) is 3.02. The lowest BCUT2D eigenvalue weighted by Crippen LogP contribution is -2.21. The zero-order chi connectivity index (χ0) is 21.3. The first-order valence-corrected chi connectivity index (χ1v) is 8.96. The summed E-state index contributed by atoms with van der Waals surface area (Å²) in [6.07, 6.45) is -3.51. The minimum Gasteiger partial charge on any atom is -0.490 e. The van der Waals surface area contributed by atoms with Crippen LogP contribution in [0.3, 0.4) is 0 Å². The largest absolute Gasteiger partial charge is 0.490 e. The number of para-hydroxylation sites is 1. The van der Waals surface area contributed by atoms with E-state index in [4.69, 9.17) is 9.47 Å². The van der Waals surface area contributed by atoms with E-state index >= 15 is 0 Å². The Balaban J connectivity index is 1.68. The number of fused-ring (bicyclic) bond motifs is 1. The van der Waals surface area contributed by atoms with E-state index < -0.39 is 34.8 Å². The molecule has 0 bridgehead atoms. The standard InChI is InChI=1S/C20H15F4N3O3/c21-14-4-1-2-5-15(14)27-18(20(22,23)24)13(11-25-27)19(28)26-12-6-7-16-17(10-12)30-9-3-8-29-16/h1-2,4-7,10-11H,3,8-9H2,(H,26,28). The smallest absolute Gasteiger partial charge is 0.434 e. The van der Waals surface area contributed by atoms with Crippen LogP contribution in [0.5, 0.6) is 11.5 Å². The molecule has 0 saturated heterocycles. The summed E-state index contributed by atoms with van der Waals surface area (Å²) in [4.78, 5) is 12.6. The Labute approximate surface area is 168 Å². The van der Waals surface area contributed by atoms with Crippen molar-refractivity contribution in [2.24, 2.45) is 0 Å². The van der Waals surface area contributed by atoms with Gasteiger partial charge in [0.25, 0.3) is 5.91 Å². The number of nitrogens with one attached hydrogen (secondary N) is 1. The van der Waals surface area contributed by atoms with Crippen molar-refractivity contribution in [2.75, 3.05) is 18.5 Å². The number of halogens is 4. The van der Waals surface area contributed by atoms with Crippen molar-refractivity contribution >= 4 is 11.6 Å². The number of hydrogen-bond acceptors (Lipinski definition) is 4. The molecule has 1 aliphatic heterocycles. The summed E-state index contributed by atoms with van der Waals surface area (Å²) < 4.78 is 66.6. The number of carbonyl (C=O) groups is 1. The number of benzene rings is 2. The van der Waals surface area contributed by atoms with Crippen LogP contribution < -0.4 is 14.8 Å². The van der Waals surface area contributed by atoms with Crippen LogP contribution in [-0.4, -0.2) is 28.9 Å². The number of amides is 1. The first-order chi connectivity index (χ1) is 14.3. The van der Waals surface area contributed by atoms with Crippen molar-refractivity contribution in [1.82, 2.24) is 9.78 Å². The van der Waals surface area contributed by atoms with Crippen LogP contribution in [0.25, 0.3) is 5.69 Å². The van der Waals surface area contributed by atoms with Gasteiger partial charge in [0, 0.05) is 18.2 Å². The van der Waals surface area contributed by atoms with Gasteiger partial charge in [-0.25, -0.2) is 9.07 Å². The van der Waals surface area contributed by atoms with E-state index in [0.717, 1.165) is 18.3 Å². The molecule has 0 fully saturated rings. The summed E-state index contributed by atoms with van der Waals surface area (Å²) in [7, 11) is 0. The van der Waals surface area contributed by atoms with Gasteiger partial charge in [0.15, 0.2) is 17.2 Å². The Morgan fingerprint density at radius 2 is 1.80 bits per heavy atom. The third-order valence-corrected chi connectivity index (χ3v) is 4.37. The van der Waals surface area contributed by atoms with Crippen LogP contribution in [0, 0.1) is 5.82 Å². The van der Waals surface area contributed by atoms with E-state index in [9.17, 15) is 22.4 Å². The predicted octanol–water partition coefficient (Wildman–Crippen LogP) is 4.44. The molecule has 1 aromatic heterocycles. The van der Waals surface area contributed by atoms with Crippen LogP contribution in [0.4, 0.5) is 23.2 Å². The molecule has 10 heteroatoms. The highest BCUT2D eigenvalue weighted by atomic mass is 19.4. The molecule has 156 valence electrons. The fourth-order valence-corrected chi connectivity index (χ4v) is 3.03. The number of aromatic nitrogens is 2. The van der Waals surface area contributed by atoms with Crippen molar-refractivity contribution in [3.05, 3.63) is 65.7 Å². The molecule has 2 heterocycles. The SMILES string of the molecule is O=C(Nc1ccc2c(c1)OCCCO2)c1cnn(-c2ccccc2F)c1C(F)(F)F. The Bertz CT molecular complexity index is 1100. The summed E-state index contributed by atoms with van der Waals surface area (Å²) >= 11 is 0. The van der Waals surface area contributed by atoms with Gasteiger partial charge in [0.1, 0.15) is 11.5 Å². The molecule has 30 heavy (non-hydrogen) atoms. The molecule has 0 saturated carbocycles. The van der Waals surface area contributed by atoms with E-state index in [-0.39, 0.29) is 5.69 Å². The van der Waals surface area contributed by atoms with Crippen molar-refractivity contribution < 1.29 is 31.8 Å². The fraction of sp³-hybridized carbons (Fsp3) is 0.200. The molecule has 3 aromatic rings. The molecule has 4 rings (SSSR count). The minimum absolute atomic E-state index is 0.219. The third kappa shape index (κ3) is 3.80. The van der Waals surface area contributed by atoms with Gasteiger partial charge < -0.3 is 14.8 Å². The van der Waals surface area contributed by atoms with Crippen LogP contribution in [-0.2, 0) is 6.18 Å². The van der Waals surface area contributed by atoms with Crippen LogP contribution >= 0.6 is 0 Å². The second kappa shape index (κ2) is 7.69. The van der Waals surface area contributed by atoms with Gasteiger partial charge >= 0.3 is 6.18 Å². The summed E-state index contributed by atoms with van der Waals surface area (Å²) in [6.45, 7) is 0.890. The predicted molar refractivity (Wildman–Crippen MR) is 98.5 cm³/mol. The van der Waals surface area contributed by atoms with Crippen molar-refractivity contribution in [1.29, 1.82) is 0 Å². The van der Waals surface area contributed by atoms with Gasteiger partial charge in [0.2, 0.25) is 0 Å². The number of rotatable bonds is 3. The number of carbonyl (C=O) groups excluding carboxylic acids is 1. The molecule has 0 atom stereocenters. The Morgan fingerprint density at radius 3 is 2.53 bits per heavy atom. The number of anilines is 1. The lowest BCUT2D eigenvalue weighted by molar-refractivity contribution is -0.143. The first kappa shape index (κ1) is 19.7. The lowest BCUT2D eigenvalue weighted by Gasteiger charge is -2.14. The Hall–Kier alpha value is -3.56. The topological polar surface area (TPSA) is 65.4 Å². The molecular weight excluding hydrogens is 406 g/mol. The summed E-state index contributed by atoms with van der Waals surface area (Å²) in [5.74, 6) is -1.09. The molecule has 1 amide bonds. The van der Waals surface area contributed by atoms with Crippen molar-refractivity contribution in [2.45, 2.75) is 12.6 Å². The second-order valence-corrected chi connectivity index (χ2v) is 6.43. The molecular formula is C20H15F4N3O3. The Morgan fingerprint density at radius 1 is 1.07 bits per heavy atom. The van der Waals surface area contributed by atoms with Gasteiger partial charge in [-0.15, -0.1) is 0 Å². The highest BCUT2D eigenvalue weighted by molar-refractivity contribution is 6.05. The molecule has 0 radical (unpaired) electrons. The average molecular weight is 421 g/mol. The van der Waals surface area contributed by atoms with Gasteiger partial charge in [-0.1, -0.05) is 12.1 Å². The molecule has 6 nitrogen and oxygen atoms in total. The molecule has 0 unspecified atom stereocenters. The van der Waals surface area contributed by atoms with Crippen molar-refractivity contribution in [3.63, 3.8) is 0 Å². The zero-order valence-electron chi connectivity index (χ0n) is 15.4. The number of nitrogens with zero attached hydrogens (tertiary/aromatic N) is 2. The first-order valence-electron chi connectivity index (χ1n) is 8.96. The maximum Gasteiger partial charge on any atom is 0.434 e. The highest BCUT2D eigenvalue weighted by Gasteiger charge is 2.41. The summed E-state index contributed by atoms with van der Waals surface area (Å²) in [6, 6.07) is 9.37. The lowest BCUT2D eigenvalue weighted by atomic mass is 10.2. The maximum absolute atomic E-state index is 14.0. The van der Waals surface area contributed by atoms with Crippen molar-refractivity contribution in [3.8, 4) is 17.2 Å². The van der Waals surface area contributed by atoms with E-state index in [1.54, 1.807) is 6.07 Å².